The molecule has 0 aliphatic carbocycles. The van der Waals surface area contributed by atoms with E-state index in [-0.39, 0.29) is 16.7 Å². The van der Waals surface area contributed by atoms with Crippen LogP contribution in [0, 0.1) is 10.8 Å². The minimum atomic E-state index is -0.435. The van der Waals surface area contributed by atoms with E-state index in [2.05, 4.69) is 39.9 Å². The van der Waals surface area contributed by atoms with Gasteiger partial charge in [-0.1, -0.05) is 34.6 Å². The normalized spacial score (nSPS) is 13.8. The Morgan fingerprint density at radius 3 is 1.81 bits per heavy atom. The van der Waals surface area contributed by atoms with Crippen molar-refractivity contribution in [2.45, 2.75) is 60.4 Å². The summed E-state index contributed by atoms with van der Waals surface area (Å²) in [5, 5.41) is 2.97. The predicted octanol–water partition coefficient (Wildman–Crippen LogP) is 2.30. The molecule has 0 aliphatic heterocycles. The van der Waals surface area contributed by atoms with Gasteiger partial charge in [-0.25, -0.2) is 0 Å². The van der Waals surface area contributed by atoms with E-state index >= 15 is 0 Å². The molecule has 0 aliphatic rings. The number of carbonyl (C=O) groups is 1. The fourth-order valence-electron chi connectivity index (χ4n) is 1.06. The monoisotopic (exact) mass is 228 g/mol. The largest absolute Gasteiger partial charge is 0.355 e. The minimum absolute atomic E-state index is 0.0322. The van der Waals surface area contributed by atoms with Gasteiger partial charge in [0.2, 0.25) is 5.91 Å². The Morgan fingerprint density at radius 2 is 1.50 bits per heavy atom. The summed E-state index contributed by atoms with van der Waals surface area (Å²) in [6.45, 7) is 15.3. The molecule has 3 heteroatoms. The molecule has 0 saturated heterocycles. The first-order valence-corrected chi connectivity index (χ1v) is 5.91. The zero-order valence-corrected chi connectivity index (χ0v) is 11.9. The van der Waals surface area contributed by atoms with Gasteiger partial charge in [-0.15, -0.1) is 0 Å². The zero-order chi connectivity index (χ0) is 13.2. The van der Waals surface area contributed by atoms with Gasteiger partial charge < -0.3 is 11.1 Å². The van der Waals surface area contributed by atoms with Crippen LogP contribution in [0.15, 0.2) is 0 Å². The summed E-state index contributed by atoms with van der Waals surface area (Å²) in [5.74, 6) is 0.0322. The molecule has 0 unspecified atom stereocenters. The smallest absolute Gasteiger partial charge is 0.221 e. The van der Waals surface area contributed by atoms with Crippen molar-refractivity contribution in [1.82, 2.24) is 5.32 Å². The van der Waals surface area contributed by atoms with Crippen molar-refractivity contribution >= 4 is 5.91 Å². The van der Waals surface area contributed by atoms with Crippen LogP contribution < -0.4 is 11.1 Å². The second kappa shape index (κ2) is 4.74. The Morgan fingerprint density at radius 1 is 1.06 bits per heavy atom. The average molecular weight is 228 g/mol. The van der Waals surface area contributed by atoms with Crippen LogP contribution in [-0.4, -0.2) is 18.0 Å². The van der Waals surface area contributed by atoms with Gasteiger partial charge in [0, 0.05) is 18.5 Å². The first-order valence-electron chi connectivity index (χ1n) is 5.91. The predicted molar refractivity (Wildman–Crippen MR) is 69.1 cm³/mol. The molecule has 0 aromatic carbocycles. The second-order valence-electron chi connectivity index (χ2n) is 7.08. The van der Waals surface area contributed by atoms with E-state index < -0.39 is 5.54 Å². The summed E-state index contributed by atoms with van der Waals surface area (Å²) < 4.78 is 0. The molecule has 0 bridgehead atoms. The molecule has 0 aromatic heterocycles. The number of carbonyl (C=O) groups excluding carboxylic acids is 1. The Kier molecular flexibility index (Phi) is 4.57. The highest BCUT2D eigenvalue weighted by molar-refractivity contribution is 5.77. The molecule has 0 aromatic rings. The lowest BCUT2D eigenvalue weighted by atomic mass is 9.69. The van der Waals surface area contributed by atoms with Gasteiger partial charge >= 0.3 is 0 Å². The fourth-order valence-corrected chi connectivity index (χ4v) is 1.06. The van der Waals surface area contributed by atoms with E-state index in [0.717, 1.165) is 0 Å². The molecule has 1 amide bonds. The van der Waals surface area contributed by atoms with Crippen molar-refractivity contribution in [2.24, 2.45) is 16.6 Å². The van der Waals surface area contributed by atoms with Gasteiger partial charge in [-0.05, 0) is 24.7 Å². The van der Waals surface area contributed by atoms with Crippen molar-refractivity contribution in [3.05, 3.63) is 0 Å². The van der Waals surface area contributed by atoms with E-state index in [4.69, 9.17) is 5.73 Å². The summed E-state index contributed by atoms with van der Waals surface area (Å²) in [6, 6.07) is 0. The highest BCUT2D eigenvalue weighted by atomic mass is 16.1. The minimum Gasteiger partial charge on any atom is -0.355 e. The molecule has 0 heterocycles. The van der Waals surface area contributed by atoms with Crippen LogP contribution in [0.3, 0.4) is 0 Å². The number of nitrogens with one attached hydrogen (secondary N) is 1. The summed E-state index contributed by atoms with van der Waals surface area (Å²) in [5.41, 5.74) is 5.60. The Balaban J connectivity index is 4.22. The lowest BCUT2D eigenvalue weighted by Crippen LogP contribution is -2.44. The number of hydrogen-bond donors (Lipinski definition) is 2. The van der Waals surface area contributed by atoms with Crippen LogP contribution in [0.25, 0.3) is 0 Å². The van der Waals surface area contributed by atoms with Gasteiger partial charge in [0.1, 0.15) is 0 Å². The standard InChI is InChI=1S/C13H28N2O/c1-11(2,3)12(4,5)9-15-10(16)8-13(6,7)14/h8-9,14H2,1-7H3,(H,15,16). The van der Waals surface area contributed by atoms with E-state index in [0.29, 0.717) is 13.0 Å². The van der Waals surface area contributed by atoms with Crippen molar-refractivity contribution in [3.63, 3.8) is 0 Å². The van der Waals surface area contributed by atoms with Gasteiger partial charge in [0.15, 0.2) is 0 Å². The molecule has 16 heavy (non-hydrogen) atoms. The van der Waals surface area contributed by atoms with Crippen molar-refractivity contribution in [3.8, 4) is 0 Å². The second-order valence-corrected chi connectivity index (χ2v) is 7.08. The molecule has 0 atom stereocenters. The molecular formula is C13H28N2O. The van der Waals surface area contributed by atoms with Crippen LogP contribution in [0.1, 0.15) is 54.9 Å². The Bertz CT molecular complexity index is 244. The third-order valence-electron chi connectivity index (χ3n) is 3.37. The molecule has 0 saturated carbocycles. The lowest BCUT2D eigenvalue weighted by Gasteiger charge is -2.39. The number of rotatable bonds is 4. The highest BCUT2D eigenvalue weighted by Gasteiger charge is 2.33. The van der Waals surface area contributed by atoms with Crippen LogP contribution in [0.4, 0.5) is 0 Å². The van der Waals surface area contributed by atoms with Crippen LogP contribution in [-0.2, 0) is 4.79 Å². The molecular weight excluding hydrogens is 200 g/mol. The average Bonchev–Trinajstić information content (AvgIpc) is 1.95. The third-order valence-corrected chi connectivity index (χ3v) is 3.37. The zero-order valence-electron chi connectivity index (χ0n) is 11.9. The summed E-state index contributed by atoms with van der Waals surface area (Å²) >= 11 is 0. The molecule has 3 nitrogen and oxygen atoms in total. The quantitative estimate of drug-likeness (QED) is 0.775. The Hall–Kier alpha value is -0.570. The Labute approximate surface area is 100 Å². The fraction of sp³-hybridized carbons (Fsp3) is 0.923. The summed E-state index contributed by atoms with van der Waals surface area (Å²) in [6.07, 6.45) is 0.368. The van der Waals surface area contributed by atoms with Gasteiger partial charge in [-0.2, -0.15) is 0 Å². The van der Waals surface area contributed by atoms with E-state index in [1.807, 2.05) is 13.8 Å². The van der Waals surface area contributed by atoms with E-state index in [1.165, 1.54) is 0 Å². The maximum atomic E-state index is 11.6. The molecule has 0 spiro atoms. The highest BCUT2D eigenvalue weighted by Crippen LogP contribution is 2.36. The third kappa shape index (κ3) is 5.50. The first-order chi connectivity index (χ1) is 6.85. The SMILES string of the molecule is CC(C)(N)CC(=O)NCC(C)(C)C(C)(C)C. The topological polar surface area (TPSA) is 55.1 Å². The number of nitrogens with two attached hydrogens (primary N) is 1. The summed E-state index contributed by atoms with van der Waals surface area (Å²) in [4.78, 5) is 11.6. The van der Waals surface area contributed by atoms with Crippen molar-refractivity contribution in [1.29, 1.82) is 0 Å². The lowest BCUT2D eigenvalue weighted by molar-refractivity contribution is -0.122. The maximum absolute atomic E-state index is 11.6. The maximum Gasteiger partial charge on any atom is 0.221 e. The van der Waals surface area contributed by atoms with Crippen LogP contribution >= 0.6 is 0 Å². The van der Waals surface area contributed by atoms with Crippen molar-refractivity contribution < 1.29 is 4.79 Å². The molecule has 96 valence electrons. The first kappa shape index (κ1) is 15.4. The van der Waals surface area contributed by atoms with Gasteiger partial charge in [-0.3, -0.25) is 4.79 Å². The molecule has 0 rings (SSSR count). The molecule has 0 radical (unpaired) electrons. The van der Waals surface area contributed by atoms with Crippen LogP contribution in [0.2, 0.25) is 0 Å². The number of hydrogen-bond acceptors (Lipinski definition) is 2. The number of amides is 1. The van der Waals surface area contributed by atoms with Gasteiger partial charge in [0.05, 0.1) is 0 Å². The van der Waals surface area contributed by atoms with Gasteiger partial charge in [0.25, 0.3) is 0 Å². The molecule has 0 fully saturated rings. The van der Waals surface area contributed by atoms with E-state index in [9.17, 15) is 4.79 Å². The van der Waals surface area contributed by atoms with E-state index in [1.54, 1.807) is 0 Å². The summed E-state index contributed by atoms with van der Waals surface area (Å²) in [7, 11) is 0. The molecule has 3 N–H and O–H groups in total. The van der Waals surface area contributed by atoms with Crippen LogP contribution in [0.5, 0.6) is 0 Å². The van der Waals surface area contributed by atoms with Crippen molar-refractivity contribution in [2.75, 3.05) is 6.54 Å².